The molecule has 23 heavy (non-hydrogen) atoms. The van der Waals surface area contributed by atoms with Crippen molar-refractivity contribution in [3.05, 3.63) is 53.1 Å². The van der Waals surface area contributed by atoms with Crippen molar-refractivity contribution in [1.82, 2.24) is 14.5 Å². The first-order chi connectivity index (χ1) is 11.0. The Bertz CT molecular complexity index is 664. The summed E-state index contributed by atoms with van der Waals surface area (Å²) in [6.45, 7) is 7.32. The monoisotopic (exact) mass is 313 g/mol. The Morgan fingerprint density at radius 2 is 2.13 bits per heavy atom. The van der Waals surface area contributed by atoms with Crippen LogP contribution in [0.15, 0.2) is 30.6 Å². The molecule has 1 N–H and O–H groups in total. The second-order valence-corrected chi connectivity index (χ2v) is 6.90. The number of imidazole rings is 1. The first-order valence-corrected chi connectivity index (χ1v) is 8.48. The van der Waals surface area contributed by atoms with E-state index in [4.69, 9.17) is 0 Å². The van der Waals surface area contributed by atoms with Crippen molar-refractivity contribution in [2.24, 2.45) is 13.0 Å². The van der Waals surface area contributed by atoms with Crippen molar-refractivity contribution in [2.45, 2.75) is 39.3 Å². The molecule has 1 aromatic carbocycles. The van der Waals surface area contributed by atoms with Gasteiger partial charge in [-0.1, -0.05) is 18.2 Å². The van der Waals surface area contributed by atoms with Crippen molar-refractivity contribution in [3.63, 3.8) is 0 Å². The van der Waals surface area contributed by atoms with E-state index in [1.54, 1.807) is 6.20 Å². The highest BCUT2D eigenvalue weighted by molar-refractivity contribution is 5.29. The van der Waals surface area contributed by atoms with E-state index >= 15 is 0 Å². The lowest BCUT2D eigenvalue weighted by Crippen LogP contribution is -2.37. The normalized spacial score (nSPS) is 20.6. The molecule has 0 radical (unpaired) electrons. The first kappa shape index (κ1) is 16.2. The predicted molar refractivity (Wildman–Crippen MR) is 92.1 cm³/mol. The average molecular weight is 313 g/mol. The van der Waals surface area contributed by atoms with E-state index in [1.165, 1.54) is 16.7 Å². The number of benzene rings is 1. The Kier molecular flexibility index (Phi) is 4.83. The van der Waals surface area contributed by atoms with Crippen LogP contribution in [-0.4, -0.2) is 32.6 Å². The topological polar surface area (TPSA) is 41.3 Å². The Hall–Kier alpha value is -1.65. The maximum absolute atomic E-state index is 10.7. The lowest BCUT2D eigenvalue weighted by molar-refractivity contribution is 0.0405. The first-order valence-electron chi connectivity index (χ1n) is 8.48. The van der Waals surface area contributed by atoms with Gasteiger partial charge in [-0.15, -0.1) is 0 Å². The van der Waals surface area contributed by atoms with Gasteiger partial charge in [0.15, 0.2) is 0 Å². The van der Waals surface area contributed by atoms with E-state index in [-0.39, 0.29) is 5.92 Å². The highest BCUT2D eigenvalue weighted by Gasteiger charge is 2.29. The minimum absolute atomic E-state index is 0.261. The number of aryl methyl sites for hydroxylation is 3. The molecule has 2 aromatic rings. The molecule has 1 aliphatic heterocycles. The van der Waals surface area contributed by atoms with Gasteiger partial charge in [0.05, 0.1) is 0 Å². The van der Waals surface area contributed by atoms with Gasteiger partial charge in [-0.2, -0.15) is 0 Å². The molecule has 1 fully saturated rings. The van der Waals surface area contributed by atoms with Gasteiger partial charge in [-0.25, -0.2) is 4.98 Å². The van der Waals surface area contributed by atoms with Crippen LogP contribution < -0.4 is 0 Å². The second kappa shape index (κ2) is 6.85. The van der Waals surface area contributed by atoms with Crippen LogP contribution in [-0.2, 0) is 13.6 Å². The number of hydrogen-bond acceptors (Lipinski definition) is 3. The van der Waals surface area contributed by atoms with Gasteiger partial charge >= 0.3 is 0 Å². The summed E-state index contributed by atoms with van der Waals surface area (Å²) in [5.41, 5.74) is 4.06. The van der Waals surface area contributed by atoms with Crippen molar-refractivity contribution >= 4 is 0 Å². The molecule has 0 saturated carbocycles. The molecule has 1 aliphatic rings. The lowest BCUT2D eigenvalue weighted by atomic mass is 9.91. The fraction of sp³-hybridized carbons (Fsp3) is 0.526. The number of rotatable bonds is 4. The van der Waals surface area contributed by atoms with Crippen molar-refractivity contribution in [3.8, 4) is 0 Å². The summed E-state index contributed by atoms with van der Waals surface area (Å²) in [6.07, 6.45) is 5.38. The maximum atomic E-state index is 10.7. The molecule has 2 heterocycles. The molecule has 2 unspecified atom stereocenters. The Balaban J connectivity index is 1.66. The quantitative estimate of drug-likeness (QED) is 0.943. The van der Waals surface area contributed by atoms with Crippen LogP contribution in [0, 0.1) is 19.8 Å². The van der Waals surface area contributed by atoms with Crippen LogP contribution in [0.25, 0.3) is 0 Å². The van der Waals surface area contributed by atoms with Gasteiger partial charge in [0.1, 0.15) is 11.9 Å². The molecule has 3 rings (SSSR count). The number of aliphatic hydroxyl groups is 1. The zero-order valence-electron chi connectivity index (χ0n) is 14.4. The molecule has 0 bridgehead atoms. The summed E-state index contributed by atoms with van der Waals surface area (Å²) in [6, 6.07) is 6.71. The molecule has 4 nitrogen and oxygen atoms in total. The summed E-state index contributed by atoms with van der Waals surface area (Å²) >= 11 is 0. The standard InChI is InChI=1S/C19H27N3O/c1-14-6-7-16(11-15(14)2)12-22-9-4-5-17(13-22)18(23)19-20-8-10-21(19)3/h6-8,10-11,17-18,23H,4-5,9,12-13H2,1-3H3. The van der Waals surface area contributed by atoms with E-state index < -0.39 is 6.10 Å². The van der Waals surface area contributed by atoms with E-state index in [1.807, 2.05) is 17.8 Å². The largest absolute Gasteiger partial charge is 0.385 e. The van der Waals surface area contributed by atoms with Crippen LogP contribution >= 0.6 is 0 Å². The van der Waals surface area contributed by atoms with Gasteiger partial charge in [-0.05, 0) is 49.9 Å². The predicted octanol–water partition coefficient (Wildman–Crippen LogP) is 2.98. The number of aromatic nitrogens is 2. The summed E-state index contributed by atoms with van der Waals surface area (Å²) in [5, 5.41) is 10.7. The minimum atomic E-state index is -0.474. The number of hydrogen-bond donors (Lipinski definition) is 1. The van der Waals surface area contributed by atoms with Crippen LogP contribution in [0.5, 0.6) is 0 Å². The van der Waals surface area contributed by atoms with Crippen LogP contribution in [0.4, 0.5) is 0 Å². The summed E-state index contributed by atoms with van der Waals surface area (Å²) in [5.74, 6) is 1.04. The maximum Gasteiger partial charge on any atom is 0.137 e. The van der Waals surface area contributed by atoms with E-state index in [9.17, 15) is 5.11 Å². The Labute approximate surface area is 138 Å². The molecular weight excluding hydrogens is 286 g/mol. The molecular formula is C19H27N3O. The molecule has 1 saturated heterocycles. The second-order valence-electron chi connectivity index (χ2n) is 6.90. The van der Waals surface area contributed by atoms with Crippen molar-refractivity contribution in [2.75, 3.05) is 13.1 Å². The van der Waals surface area contributed by atoms with Crippen LogP contribution in [0.3, 0.4) is 0 Å². The third-order valence-corrected chi connectivity index (χ3v) is 5.09. The molecule has 4 heteroatoms. The number of nitrogens with zero attached hydrogens (tertiary/aromatic N) is 3. The third-order valence-electron chi connectivity index (χ3n) is 5.09. The fourth-order valence-corrected chi connectivity index (χ4v) is 3.53. The van der Waals surface area contributed by atoms with Crippen molar-refractivity contribution < 1.29 is 5.11 Å². The molecule has 2 atom stereocenters. The van der Waals surface area contributed by atoms with Gasteiger partial charge in [0.25, 0.3) is 0 Å². The van der Waals surface area contributed by atoms with E-state index in [2.05, 4.69) is 41.9 Å². The molecule has 124 valence electrons. The van der Waals surface area contributed by atoms with Gasteiger partial charge < -0.3 is 9.67 Å². The van der Waals surface area contributed by atoms with Crippen LogP contribution in [0.1, 0.15) is 41.5 Å². The fourth-order valence-electron chi connectivity index (χ4n) is 3.53. The zero-order valence-corrected chi connectivity index (χ0v) is 14.4. The number of piperidine rings is 1. The summed E-state index contributed by atoms with van der Waals surface area (Å²) in [4.78, 5) is 6.78. The molecule has 0 amide bonds. The smallest absolute Gasteiger partial charge is 0.137 e. The number of likely N-dealkylation sites (tertiary alicyclic amines) is 1. The molecule has 1 aromatic heterocycles. The molecule has 0 aliphatic carbocycles. The van der Waals surface area contributed by atoms with Gasteiger partial charge in [0, 0.05) is 38.4 Å². The molecule has 0 spiro atoms. The van der Waals surface area contributed by atoms with Crippen LogP contribution in [0.2, 0.25) is 0 Å². The lowest BCUT2D eigenvalue weighted by Gasteiger charge is -2.35. The highest BCUT2D eigenvalue weighted by Crippen LogP contribution is 2.29. The number of aliphatic hydroxyl groups excluding tert-OH is 1. The van der Waals surface area contributed by atoms with Gasteiger partial charge in [0.2, 0.25) is 0 Å². The third kappa shape index (κ3) is 3.65. The minimum Gasteiger partial charge on any atom is -0.385 e. The van der Waals surface area contributed by atoms with Gasteiger partial charge in [-0.3, -0.25) is 4.90 Å². The van der Waals surface area contributed by atoms with Crippen molar-refractivity contribution in [1.29, 1.82) is 0 Å². The van der Waals surface area contributed by atoms with E-state index in [0.717, 1.165) is 38.3 Å². The Morgan fingerprint density at radius 3 is 2.83 bits per heavy atom. The SMILES string of the molecule is Cc1ccc(CN2CCCC(C(O)c3nccn3C)C2)cc1C. The summed E-state index contributed by atoms with van der Waals surface area (Å²) in [7, 11) is 1.95. The highest BCUT2D eigenvalue weighted by atomic mass is 16.3. The van der Waals surface area contributed by atoms with E-state index in [0.29, 0.717) is 0 Å². The average Bonchev–Trinajstić information content (AvgIpc) is 2.96. The zero-order chi connectivity index (χ0) is 16.4. The Morgan fingerprint density at radius 1 is 1.30 bits per heavy atom. The summed E-state index contributed by atoms with van der Waals surface area (Å²) < 4.78 is 1.92.